The van der Waals surface area contributed by atoms with Crippen molar-refractivity contribution >= 4 is 10.9 Å². The topological polar surface area (TPSA) is 98.2 Å². The van der Waals surface area contributed by atoms with E-state index in [0.29, 0.717) is 31.7 Å². The summed E-state index contributed by atoms with van der Waals surface area (Å²) >= 11 is 0. The maximum Gasteiger partial charge on any atom is 0.252 e. The molecule has 188 valence electrons. The molecule has 9 heteroatoms. The number of aromatic nitrogens is 5. The van der Waals surface area contributed by atoms with Gasteiger partial charge in [0.15, 0.2) is 5.82 Å². The van der Waals surface area contributed by atoms with Crippen LogP contribution in [0.1, 0.15) is 40.9 Å². The maximum absolute atomic E-state index is 13.1. The van der Waals surface area contributed by atoms with E-state index in [2.05, 4.69) is 44.5 Å². The molecular formula is C27H32N6O3. The molecule has 1 aliphatic heterocycles. The van der Waals surface area contributed by atoms with Crippen molar-refractivity contribution in [3.05, 3.63) is 80.9 Å². The minimum atomic E-state index is -0.0742. The normalized spacial score (nSPS) is 15.7. The Labute approximate surface area is 210 Å². The van der Waals surface area contributed by atoms with Crippen molar-refractivity contribution in [3.63, 3.8) is 0 Å². The van der Waals surface area contributed by atoms with Gasteiger partial charge in [0.25, 0.3) is 5.56 Å². The number of fused-ring (bicyclic) bond motifs is 1. The summed E-state index contributed by atoms with van der Waals surface area (Å²) < 4.78 is 12.9. The van der Waals surface area contributed by atoms with Gasteiger partial charge in [0.1, 0.15) is 5.75 Å². The third kappa shape index (κ3) is 5.32. The Balaban J connectivity index is 1.43. The number of nitrogens with zero attached hydrogens (tertiary/aromatic N) is 5. The number of H-pyrrole nitrogens is 1. The molecule has 0 aliphatic carbocycles. The standard InChI is InChI=1S/C27H32N6O3/c1-18-6-9-21-13-22(27(34)28-26(21)19(18)2)15-32(14-20-7-10-23(35-3)11-8-20)17-25-29-30-31-33(25)16-24-5-4-12-36-24/h6-11,13,24H,4-5,12,14-17H2,1-3H3,(H,28,34). The third-order valence-electron chi connectivity index (χ3n) is 6.96. The van der Waals surface area contributed by atoms with Crippen molar-refractivity contribution in [3.8, 4) is 5.75 Å². The molecule has 1 unspecified atom stereocenters. The van der Waals surface area contributed by atoms with E-state index in [1.807, 2.05) is 41.9 Å². The van der Waals surface area contributed by atoms with Gasteiger partial charge in [0.05, 0.1) is 31.8 Å². The summed E-state index contributed by atoms with van der Waals surface area (Å²) in [5, 5.41) is 13.5. The van der Waals surface area contributed by atoms with Gasteiger partial charge >= 0.3 is 0 Å². The molecule has 0 saturated carbocycles. The highest BCUT2D eigenvalue weighted by atomic mass is 16.5. The third-order valence-corrected chi connectivity index (χ3v) is 6.96. The van der Waals surface area contributed by atoms with Crippen LogP contribution in [-0.4, -0.2) is 49.9 Å². The molecule has 1 N–H and O–H groups in total. The van der Waals surface area contributed by atoms with E-state index >= 15 is 0 Å². The van der Waals surface area contributed by atoms with Crippen LogP contribution >= 0.6 is 0 Å². The number of methoxy groups -OCH3 is 1. The molecule has 2 aromatic heterocycles. The fourth-order valence-corrected chi connectivity index (χ4v) is 4.74. The largest absolute Gasteiger partial charge is 0.497 e. The van der Waals surface area contributed by atoms with Gasteiger partial charge in [-0.15, -0.1) is 5.10 Å². The van der Waals surface area contributed by atoms with E-state index in [1.165, 1.54) is 0 Å². The van der Waals surface area contributed by atoms with Crippen LogP contribution < -0.4 is 10.3 Å². The lowest BCUT2D eigenvalue weighted by molar-refractivity contribution is 0.0914. The smallest absolute Gasteiger partial charge is 0.252 e. The van der Waals surface area contributed by atoms with Crippen LogP contribution in [-0.2, 0) is 30.9 Å². The monoisotopic (exact) mass is 488 g/mol. The fraction of sp³-hybridized carbons (Fsp3) is 0.407. The predicted octanol–water partition coefficient (Wildman–Crippen LogP) is 3.52. The van der Waals surface area contributed by atoms with Gasteiger partial charge in [-0.3, -0.25) is 9.69 Å². The average Bonchev–Trinajstić information content (AvgIpc) is 3.56. The first-order chi connectivity index (χ1) is 17.5. The zero-order valence-corrected chi connectivity index (χ0v) is 21.0. The van der Waals surface area contributed by atoms with Crippen LogP contribution in [0.5, 0.6) is 5.75 Å². The second kappa shape index (κ2) is 10.6. The molecule has 0 spiro atoms. The fourth-order valence-electron chi connectivity index (χ4n) is 4.74. The zero-order valence-electron chi connectivity index (χ0n) is 21.0. The Bertz CT molecular complexity index is 1390. The zero-order chi connectivity index (χ0) is 25.1. The number of tetrazole rings is 1. The summed E-state index contributed by atoms with van der Waals surface area (Å²) in [6, 6.07) is 14.1. The summed E-state index contributed by atoms with van der Waals surface area (Å²) in [7, 11) is 1.66. The number of nitrogens with one attached hydrogen (secondary N) is 1. The highest BCUT2D eigenvalue weighted by Crippen LogP contribution is 2.21. The Hall–Kier alpha value is -3.56. The molecular weight excluding hydrogens is 456 g/mol. The van der Waals surface area contributed by atoms with Gasteiger partial charge in [-0.2, -0.15) is 0 Å². The van der Waals surface area contributed by atoms with E-state index in [-0.39, 0.29) is 11.7 Å². The molecule has 0 radical (unpaired) electrons. The molecule has 3 heterocycles. The molecule has 2 aromatic carbocycles. The van der Waals surface area contributed by atoms with Gasteiger partial charge in [0, 0.05) is 25.3 Å². The average molecular weight is 489 g/mol. The molecule has 1 atom stereocenters. The van der Waals surface area contributed by atoms with Crippen LogP contribution in [0, 0.1) is 13.8 Å². The second-order valence-electron chi connectivity index (χ2n) is 9.50. The highest BCUT2D eigenvalue weighted by molar-refractivity contribution is 5.83. The predicted molar refractivity (Wildman–Crippen MR) is 137 cm³/mol. The van der Waals surface area contributed by atoms with Crippen molar-refractivity contribution in [1.29, 1.82) is 0 Å². The number of rotatable bonds is 9. The first kappa shape index (κ1) is 24.1. The van der Waals surface area contributed by atoms with Gasteiger partial charge in [0.2, 0.25) is 0 Å². The molecule has 0 amide bonds. The van der Waals surface area contributed by atoms with Gasteiger partial charge in [-0.05, 0) is 77.4 Å². The Kier molecular flexibility index (Phi) is 7.11. The first-order valence-corrected chi connectivity index (χ1v) is 12.3. The summed E-state index contributed by atoms with van der Waals surface area (Å²) in [6.45, 7) is 7.09. The molecule has 5 rings (SSSR count). The van der Waals surface area contributed by atoms with Crippen molar-refractivity contribution in [1.82, 2.24) is 30.1 Å². The van der Waals surface area contributed by atoms with E-state index in [9.17, 15) is 4.79 Å². The molecule has 36 heavy (non-hydrogen) atoms. The molecule has 0 bridgehead atoms. The van der Waals surface area contributed by atoms with Crippen molar-refractivity contribution in [2.24, 2.45) is 0 Å². The quantitative estimate of drug-likeness (QED) is 0.385. The number of hydrogen-bond donors (Lipinski definition) is 1. The molecule has 1 fully saturated rings. The van der Waals surface area contributed by atoms with Crippen molar-refractivity contribution in [2.75, 3.05) is 13.7 Å². The number of pyridine rings is 1. The lowest BCUT2D eigenvalue weighted by Gasteiger charge is -2.22. The lowest BCUT2D eigenvalue weighted by Crippen LogP contribution is -2.29. The number of aromatic amines is 1. The first-order valence-electron chi connectivity index (χ1n) is 12.3. The molecule has 4 aromatic rings. The molecule has 9 nitrogen and oxygen atoms in total. The van der Waals surface area contributed by atoms with Crippen LogP contribution in [0.4, 0.5) is 0 Å². The second-order valence-corrected chi connectivity index (χ2v) is 9.50. The minimum Gasteiger partial charge on any atom is -0.497 e. The Morgan fingerprint density at radius 1 is 1.14 bits per heavy atom. The van der Waals surface area contributed by atoms with Crippen LogP contribution in [0.3, 0.4) is 0 Å². The van der Waals surface area contributed by atoms with Gasteiger partial charge in [-0.25, -0.2) is 4.68 Å². The summed E-state index contributed by atoms with van der Waals surface area (Å²) in [5.74, 6) is 1.56. The van der Waals surface area contributed by atoms with E-state index in [0.717, 1.165) is 58.6 Å². The van der Waals surface area contributed by atoms with E-state index in [4.69, 9.17) is 9.47 Å². The number of ether oxygens (including phenoxy) is 2. The number of benzene rings is 2. The van der Waals surface area contributed by atoms with Crippen LogP contribution in [0.25, 0.3) is 10.9 Å². The number of hydrogen-bond acceptors (Lipinski definition) is 7. The maximum atomic E-state index is 13.1. The Morgan fingerprint density at radius 2 is 1.97 bits per heavy atom. The highest BCUT2D eigenvalue weighted by Gasteiger charge is 2.21. The summed E-state index contributed by atoms with van der Waals surface area (Å²) in [4.78, 5) is 18.4. The SMILES string of the molecule is COc1ccc(CN(Cc2cc3ccc(C)c(C)c3[nH]c2=O)Cc2nnnn2CC2CCCO2)cc1. The van der Waals surface area contributed by atoms with Crippen molar-refractivity contribution in [2.45, 2.75) is 59.0 Å². The van der Waals surface area contributed by atoms with Gasteiger partial charge < -0.3 is 14.5 Å². The summed E-state index contributed by atoms with van der Waals surface area (Å²) in [5.41, 5.74) is 4.89. The minimum absolute atomic E-state index is 0.0742. The molecule has 1 aliphatic rings. The van der Waals surface area contributed by atoms with Crippen LogP contribution in [0.15, 0.2) is 47.3 Å². The van der Waals surface area contributed by atoms with Gasteiger partial charge in [-0.1, -0.05) is 24.3 Å². The molecule has 1 saturated heterocycles. The number of aryl methyl sites for hydroxylation is 2. The lowest BCUT2D eigenvalue weighted by atomic mass is 10.0. The van der Waals surface area contributed by atoms with Crippen LogP contribution in [0.2, 0.25) is 0 Å². The summed E-state index contributed by atoms with van der Waals surface area (Å²) in [6.07, 6.45) is 2.22. The van der Waals surface area contributed by atoms with Crippen molar-refractivity contribution < 1.29 is 9.47 Å². The Morgan fingerprint density at radius 3 is 2.72 bits per heavy atom. The van der Waals surface area contributed by atoms with E-state index < -0.39 is 0 Å². The van der Waals surface area contributed by atoms with E-state index in [1.54, 1.807) is 7.11 Å².